The number of aromatic carboxylic acids is 1. The molecule has 2 rings (SSSR count). The number of amides is 1. The number of aromatic nitrogens is 2. The number of carbonyl (C=O) groups excluding carboxylic acids is 1. The SMILES string of the molecule is O=C(Cn1cc(C(=O)O)cn1)Nc1cc(Cl)cc(Cl)c1. The Hall–Kier alpha value is -2.05. The first-order valence-electron chi connectivity index (χ1n) is 5.46. The van der Waals surface area contributed by atoms with E-state index in [1.807, 2.05) is 0 Å². The van der Waals surface area contributed by atoms with Crippen molar-refractivity contribution in [1.82, 2.24) is 9.78 Å². The van der Waals surface area contributed by atoms with Crippen molar-refractivity contribution in [1.29, 1.82) is 0 Å². The molecule has 2 N–H and O–H groups in total. The van der Waals surface area contributed by atoms with Crippen molar-refractivity contribution in [2.24, 2.45) is 0 Å². The maximum atomic E-state index is 11.8. The molecule has 0 aliphatic rings. The summed E-state index contributed by atoms with van der Waals surface area (Å²) in [5.41, 5.74) is 0.474. The molecule has 6 nitrogen and oxygen atoms in total. The Morgan fingerprint density at radius 3 is 2.45 bits per heavy atom. The zero-order valence-corrected chi connectivity index (χ0v) is 11.5. The molecule has 0 unspecified atom stereocenters. The summed E-state index contributed by atoms with van der Waals surface area (Å²) >= 11 is 11.6. The minimum Gasteiger partial charge on any atom is -0.478 e. The van der Waals surface area contributed by atoms with Crippen molar-refractivity contribution in [2.45, 2.75) is 6.54 Å². The molecule has 20 heavy (non-hydrogen) atoms. The molecule has 0 radical (unpaired) electrons. The molecular weight excluding hydrogens is 305 g/mol. The molecule has 0 saturated heterocycles. The standard InChI is InChI=1S/C12H9Cl2N3O3/c13-8-1-9(14)3-10(2-8)16-11(18)6-17-5-7(4-15-17)12(19)20/h1-5H,6H2,(H,16,18)(H,19,20). The third-order valence-corrected chi connectivity index (χ3v) is 2.77. The molecule has 104 valence electrons. The molecule has 0 atom stereocenters. The van der Waals surface area contributed by atoms with Crippen LogP contribution in [-0.4, -0.2) is 26.8 Å². The first-order valence-corrected chi connectivity index (χ1v) is 6.21. The molecule has 8 heteroatoms. The van der Waals surface area contributed by atoms with E-state index in [0.717, 1.165) is 0 Å². The van der Waals surface area contributed by atoms with Crippen LogP contribution in [-0.2, 0) is 11.3 Å². The summed E-state index contributed by atoms with van der Waals surface area (Å²) < 4.78 is 1.23. The Bertz CT molecular complexity index is 649. The molecule has 1 aromatic carbocycles. The number of carboxylic acid groups (broad SMARTS) is 1. The maximum Gasteiger partial charge on any atom is 0.338 e. The third kappa shape index (κ3) is 3.72. The van der Waals surface area contributed by atoms with E-state index in [0.29, 0.717) is 15.7 Å². The largest absolute Gasteiger partial charge is 0.478 e. The van der Waals surface area contributed by atoms with Crippen LogP contribution in [0.3, 0.4) is 0 Å². The Labute approximate surface area is 123 Å². The Kier molecular flexibility index (Phi) is 4.26. The van der Waals surface area contributed by atoms with Crippen LogP contribution < -0.4 is 5.32 Å². The topological polar surface area (TPSA) is 84.2 Å². The van der Waals surface area contributed by atoms with Crippen LogP contribution in [0.1, 0.15) is 10.4 Å². The number of halogens is 2. The van der Waals surface area contributed by atoms with E-state index in [1.54, 1.807) is 18.2 Å². The summed E-state index contributed by atoms with van der Waals surface area (Å²) in [6.45, 7) is -0.114. The average Bonchev–Trinajstić information content (AvgIpc) is 2.75. The lowest BCUT2D eigenvalue weighted by Crippen LogP contribution is -2.19. The fourth-order valence-electron chi connectivity index (χ4n) is 1.53. The highest BCUT2D eigenvalue weighted by molar-refractivity contribution is 6.35. The van der Waals surface area contributed by atoms with E-state index >= 15 is 0 Å². The Morgan fingerprint density at radius 1 is 1.25 bits per heavy atom. The summed E-state index contributed by atoms with van der Waals surface area (Å²) in [4.78, 5) is 22.5. The molecular formula is C12H9Cl2N3O3. The molecule has 2 aromatic rings. The normalized spacial score (nSPS) is 10.3. The molecule has 0 spiro atoms. The Morgan fingerprint density at radius 2 is 1.90 bits per heavy atom. The van der Waals surface area contributed by atoms with Crippen LogP contribution in [0.2, 0.25) is 10.0 Å². The van der Waals surface area contributed by atoms with Crippen LogP contribution in [0.4, 0.5) is 5.69 Å². The Balaban J connectivity index is 2.03. The van der Waals surface area contributed by atoms with Crippen LogP contribution in [0.15, 0.2) is 30.6 Å². The molecule has 0 saturated carbocycles. The van der Waals surface area contributed by atoms with Gasteiger partial charge < -0.3 is 10.4 Å². The lowest BCUT2D eigenvalue weighted by molar-refractivity contribution is -0.116. The van der Waals surface area contributed by atoms with Gasteiger partial charge in [0, 0.05) is 21.9 Å². The molecule has 1 heterocycles. The summed E-state index contributed by atoms with van der Waals surface area (Å²) in [5, 5.41) is 15.9. The number of anilines is 1. The van der Waals surface area contributed by atoms with Crippen molar-refractivity contribution in [3.63, 3.8) is 0 Å². The first kappa shape index (κ1) is 14.4. The molecule has 1 aromatic heterocycles. The zero-order valence-electron chi connectivity index (χ0n) is 10.0. The fourth-order valence-corrected chi connectivity index (χ4v) is 2.06. The minimum absolute atomic E-state index is 0.0172. The van der Waals surface area contributed by atoms with Crippen molar-refractivity contribution >= 4 is 40.8 Å². The van der Waals surface area contributed by atoms with E-state index in [4.69, 9.17) is 28.3 Å². The lowest BCUT2D eigenvalue weighted by atomic mass is 10.3. The number of rotatable bonds is 4. The molecule has 0 aliphatic heterocycles. The highest BCUT2D eigenvalue weighted by Gasteiger charge is 2.09. The lowest BCUT2D eigenvalue weighted by Gasteiger charge is -2.06. The van der Waals surface area contributed by atoms with Gasteiger partial charge in [0.2, 0.25) is 5.91 Å². The van der Waals surface area contributed by atoms with Crippen LogP contribution in [0.25, 0.3) is 0 Å². The second-order valence-electron chi connectivity index (χ2n) is 3.94. The smallest absolute Gasteiger partial charge is 0.338 e. The number of hydrogen-bond donors (Lipinski definition) is 2. The predicted octanol–water partition coefficient (Wildman–Crippen LogP) is 2.53. The maximum absolute atomic E-state index is 11.8. The van der Waals surface area contributed by atoms with Crippen LogP contribution >= 0.6 is 23.2 Å². The average molecular weight is 314 g/mol. The van der Waals surface area contributed by atoms with Crippen molar-refractivity contribution in [2.75, 3.05) is 5.32 Å². The van der Waals surface area contributed by atoms with Crippen LogP contribution in [0.5, 0.6) is 0 Å². The van der Waals surface area contributed by atoms with Gasteiger partial charge in [-0.25, -0.2) is 4.79 Å². The number of hydrogen-bond acceptors (Lipinski definition) is 3. The number of benzene rings is 1. The highest BCUT2D eigenvalue weighted by atomic mass is 35.5. The van der Waals surface area contributed by atoms with E-state index in [1.165, 1.54) is 17.1 Å². The van der Waals surface area contributed by atoms with Gasteiger partial charge in [-0.15, -0.1) is 0 Å². The van der Waals surface area contributed by atoms with Gasteiger partial charge in [-0.3, -0.25) is 9.48 Å². The first-order chi connectivity index (χ1) is 9.44. The van der Waals surface area contributed by atoms with E-state index in [-0.39, 0.29) is 18.0 Å². The highest BCUT2D eigenvalue weighted by Crippen LogP contribution is 2.22. The van der Waals surface area contributed by atoms with Gasteiger partial charge in [0.05, 0.1) is 11.8 Å². The predicted molar refractivity (Wildman–Crippen MR) is 74.3 cm³/mol. The summed E-state index contributed by atoms with van der Waals surface area (Å²) in [7, 11) is 0. The fraction of sp³-hybridized carbons (Fsp3) is 0.0833. The summed E-state index contributed by atoms with van der Waals surface area (Å²) in [6.07, 6.45) is 2.44. The molecule has 0 bridgehead atoms. The quantitative estimate of drug-likeness (QED) is 0.908. The third-order valence-electron chi connectivity index (χ3n) is 2.33. The molecule has 0 fully saturated rings. The summed E-state index contributed by atoms with van der Waals surface area (Å²) in [6, 6.07) is 4.65. The molecule has 1 amide bonds. The van der Waals surface area contributed by atoms with Gasteiger partial charge in [-0.2, -0.15) is 5.10 Å². The minimum atomic E-state index is -1.10. The van der Waals surface area contributed by atoms with E-state index < -0.39 is 5.97 Å². The zero-order chi connectivity index (χ0) is 14.7. The second kappa shape index (κ2) is 5.94. The number of nitrogens with zero attached hydrogens (tertiary/aromatic N) is 2. The van der Waals surface area contributed by atoms with Crippen molar-refractivity contribution < 1.29 is 14.7 Å². The van der Waals surface area contributed by atoms with E-state index in [9.17, 15) is 9.59 Å². The van der Waals surface area contributed by atoms with Crippen molar-refractivity contribution in [3.05, 3.63) is 46.2 Å². The molecule has 0 aliphatic carbocycles. The van der Waals surface area contributed by atoms with Crippen LogP contribution in [0, 0.1) is 0 Å². The van der Waals surface area contributed by atoms with Gasteiger partial charge in [0.15, 0.2) is 0 Å². The van der Waals surface area contributed by atoms with Gasteiger partial charge in [-0.05, 0) is 18.2 Å². The van der Waals surface area contributed by atoms with Gasteiger partial charge >= 0.3 is 5.97 Å². The van der Waals surface area contributed by atoms with Crippen molar-refractivity contribution in [3.8, 4) is 0 Å². The monoisotopic (exact) mass is 313 g/mol. The number of carbonyl (C=O) groups is 2. The van der Waals surface area contributed by atoms with Gasteiger partial charge in [-0.1, -0.05) is 23.2 Å². The number of nitrogens with one attached hydrogen (secondary N) is 1. The number of carboxylic acids is 1. The summed E-state index contributed by atoms with van der Waals surface area (Å²) in [5.74, 6) is -1.47. The van der Waals surface area contributed by atoms with E-state index in [2.05, 4.69) is 10.4 Å². The van der Waals surface area contributed by atoms with Gasteiger partial charge in [0.25, 0.3) is 0 Å². The van der Waals surface area contributed by atoms with Gasteiger partial charge in [0.1, 0.15) is 6.54 Å². The second-order valence-corrected chi connectivity index (χ2v) is 4.81.